The number of carbonyl (C=O) groups excluding carboxylic acids is 1. The van der Waals surface area contributed by atoms with Crippen molar-refractivity contribution in [3.63, 3.8) is 0 Å². The van der Waals surface area contributed by atoms with Gasteiger partial charge in [-0.05, 0) is 55.9 Å². The number of aliphatic carboxylic acids is 1. The minimum Gasteiger partial charge on any atom is -0.486 e. The number of carbonyl (C=O) groups is 2. The van der Waals surface area contributed by atoms with Crippen LogP contribution in [0.4, 0.5) is 0 Å². The van der Waals surface area contributed by atoms with Crippen molar-refractivity contribution in [2.75, 3.05) is 19.8 Å². The summed E-state index contributed by atoms with van der Waals surface area (Å²) in [7, 11) is 0. The summed E-state index contributed by atoms with van der Waals surface area (Å²) in [5.41, 5.74) is 2.52. The predicted octanol–water partition coefficient (Wildman–Crippen LogP) is 3.82. The summed E-state index contributed by atoms with van der Waals surface area (Å²) in [6, 6.07) is 4.24. The van der Waals surface area contributed by atoms with Crippen LogP contribution in [0.3, 0.4) is 0 Å². The molecule has 1 atom stereocenters. The lowest BCUT2D eigenvalue weighted by atomic mass is 9.71. The summed E-state index contributed by atoms with van der Waals surface area (Å²) in [4.78, 5) is 25.7. The second-order valence-corrected chi connectivity index (χ2v) is 8.37. The first-order chi connectivity index (χ1) is 13.5. The van der Waals surface area contributed by atoms with E-state index < -0.39 is 5.97 Å². The first-order valence-corrected chi connectivity index (χ1v) is 10.5. The number of nitrogens with zero attached hydrogens (tertiary/aromatic N) is 1. The fourth-order valence-corrected chi connectivity index (χ4v) is 5.10. The number of hydrogen-bond acceptors (Lipinski definition) is 4. The topological polar surface area (TPSA) is 76.1 Å². The van der Waals surface area contributed by atoms with Crippen molar-refractivity contribution in [1.29, 1.82) is 0 Å². The Kier molecular flexibility index (Phi) is 5.21. The molecular weight excluding hydrogens is 358 g/mol. The van der Waals surface area contributed by atoms with Gasteiger partial charge in [-0.2, -0.15) is 0 Å². The van der Waals surface area contributed by atoms with E-state index in [4.69, 9.17) is 14.6 Å². The summed E-state index contributed by atoms with van der Waals surface area (Å²) < 4.78 is 11.6. The van der Waals surface area contributed by atoms with Gasteiger partial charge in [-0.1, -0.05) is 12.8 Å². The van der Waals surface area contributed by atoms with Gasteiger partial charge < -0.3 is 19.5 Å². The number of ether oxygens (including phenoxy) is 2. The Hall–Kier alpha value is -2.24. The molecule has 2 heterocycles. The SMILES string of the molecule is CC1c2cc3c(cc2C2(CCCC2)CN1C(=O)CCCCC(=O)O)OCCO3. The number of benzene rings is 1. The maximum Gasteiger partial charge on any atom is 0.303 e. The van der Waals surface area contributed by atoms with Crippen LogP contribution in [0.1, 0.15) is 75.5 Å². The molecule has 1 amide bonds. The van der Waals surface area contributed by atoms with E-state index >= 15 is 0 Å². The fourth-order valence-electron chi connectivity index (χ4n) is 5.10. The molecule has 1 N–H and O–H groups in total. The van der Waals surface area contributed by atoms with E-state index in [1.54, 1.807) is 0 Å². The van der Waals surface area contributed by atoms with Gasteiger partial charge in [0.15, 0.2) is 11.5 Å². The van der Waals surface area contributed by atoms with Gasteiger partial charge in [0.2, 0.25) is 5.91 Å². The molecule has 1 unspecified atom stereocenters. The number of carboxylic acid groups (broad SMARTS) is 1. The lowest BCUT2D eigenvalue weighted by molar-refractivity contribution is -0.138. The van der Waals surface area contributed by atoms with Gasteiger partial charge in [0, 0.05) is 24.8 Å². The monoisotopic (exact) mass is 387 g/mol. The molecule has 0 aromatic heterocycles. The molecule has 2 aliphatic heterocycles. The van der Waals surface area contributed by atoms with Crippen LogP contribution in [-0.4, -0.2) is 41.6 Å². The number of amides is 1. The zero-order valence-corrected chi connectivity index (χ0v) is 16.5. The van der Waals surface area contributed by atoms with Gasteiger partial charge in [0.1, 0.15) is 13.2 Å². The van der Waals surface area contributed by atoms with Crippen molar-refractivity contribution in [3.05, 3.63) is 23.3 Å². The third kappa shape index (κ3) is 3.45. The molecule has 28 heavy (non-hydrogen) atoms. The van der Waals surface area contributed by atoms with Crippen LogP contribution in [0.15, 0.2) is 12.1 Å². The summed E-state index contributed by atoms with van der Waals surface area (Å²) in [5, 5.41) is 8.80. The van der Waals surface area contributed by atoms with Crippen molar-refractivity contribution >= 4 is 11.9 Å². The highest BCUT2D eigenvalue weighted by atomic mass is 16.6. The average Bonchev–Trinajstić information content (AvgIpc) is 3.16. The molecule has 0 saturated heterocycles. The van der Waals surface area contributed by atoms with E-state index in [1.165, 1.54) is 24.0 Å². The third-order valence-electron chi connectivity index (χ3n) is 6.59. The van der Waals surface area contributed by atoms with Crippen molar-refractivity contribution < 1.29 is 24.2 Å². The Morgan fingerprint density at radius 2 is 1.75 bits per heavy atom. The Morgan fingerprint density at radius 1 is 1.11 bits per heavy atom. The van der Waals surface area contributed by atoms with E-state index in [1.807, 2.05) is 4.90 Å². The first-order valence-electron chi connectivity index (χ1n) is 10.5. The molecule has 3 aliphatic rings. The molecule has 1 saturated carbocycles. The summed E-state index contributed by atoms with van der Waals surface area (Å²) in [6.45, 7) is 3.97. The molecule has 152 valence electrons. The molecule has 1 spiro atoms. The molecular formula is C22H29NO5. The standard InChI is InChI=1S/C22H29NO5/c1-15-16-12-18-19(28-11-10-27-18)13-17(16)22(8-4-5-9-22)14-23(15)20(24)6-2-3-7-21(25)26/h12-13,15H,2-11,14H2,1H3,(H,25,26). The molecule has 1 aliphatic carbocycles. The Balaban J connectivity index is 1.60. The van der Waals surface area contributed by atoms with Crippen molar-refractivity contribution in [2.24, 2.45) is 0 Å². The van der Waals surface area contributed by atoms with Crippen LogP contribution in [0.5, 0.6) is 11.5 Å². The summed E-state index contributed by atoms with van der Waals surface area (Å²) in [6.07, 6.45) is 6.25. The molecule has 6 heteroatoms. The van der Waals surface area contributed by atoms with Crippen LogP contribution in [0, 0.1) is 0 Å². The zero-order valence-electron chi connectivity index (χ0n) is 16.5. The fraction of sp³-hybridized carbons (Fsp3) is 0.636. The summed E-state index contributed by atoms with van der Waals surface area (Å²) >= 11 is 0. The zero-order chi connectivity index (χ0) is 19.7. The van der Waals surface area contributed by atoms with E-state index in [0.717, 1.165) is 30.9 Å². The van der Waals surface area contributed by atoms with Gasteiger partial charge in [-0.15, -0.1) is 0 Å². The largest absolute Gasteiger partial charge is 0.486 e. The van der Waals surface area contributed by atoms with Gasteiger partial charge >= 0.3 is 5.97 Å². The Morgan fingerprint density at radius 3 is 2.43 bits per heavy atom. The minimum absolute atomic E-state index is 0.00834. The van der Waals surface area contributed by atoms with Crippen LogP contribution in [0.25, 0.3) is 0 Å². The van der Waals surface area contributed by atoms with E-state index in [9.17, 15) is 9.59 Å². The molecule has 6 nitrogen and oxygen atoms in total. The third-order valence-corrected chi connectivity index (χ3v) is 6.59. The Bertz CT molecular complexity index is 768. The number of hydrogen-bond donors (Lipinski definition) is 1. The maximum absolute atomic E-state index is 13.0. The van der Waals surface area contributed by atoms with Gasteiger partial charge in [0.25, 0.3) is 0 Å². The van der Waals surface area contributed by atoms with Crippen molar-refractivity contribution in [1.82, 2.24) is 4.90 Å². The van der Waals surface area contributed by atoms with Crippen LogP contribution >= 0.6 is 0 Å². The predicted molar refractivity (Wildman–Crippen MR) is 104 cm³/mol. The van der Waals surface area contributed by atoms with Crippen molar-refractivity contribution in [2.45, 2.75) is 69.7 Å². The van der Waals surface area contributed by atoms with Gasteiger partial charge in [-0.3, -0.25) is 9.59 Å². The van der Waals surface area contributed by atoms with E-state index in [-0.39, 0.29) is 23.8 Å². The molecule has 1 aromatic rings. The van der Waals surface area contributed by atoms with Crippen LogP contribution < -0.4 is 9.47 Å². The van der Waals surface area contributed by atoms with Gasteiger partial charge in [-0.25, -0.2) is 0 Å². The normalized spacial score (nSPS) is 22.2. The molecule has 4 rings (SSSR count). The second-order valence-electron chi connectivity index (χ2n) is 8.37. The van der Waals surface area contributed by atoms with Crippen molar-refractivity contribution in [3.8, 4) is 11.5 Å². The number of fused-ring (bicyclic) bond motifs is 3. The smallest absolute Gasteiger partial charge is 0.303 e. The number of unbranched alkanes of at least 4 members (excludes halogenated alkanes) is 1. The highest BCUT2D eigenvalue weighted by Gasteiger charge is 2.46. The quantitative estimate of drug-likeness (QED) is 0.778. The number of rotatable bonds is 5. The highest BCUT2D eigenvalue weighted by Crippen LogP contribution is 2.52. The lowest BCUT2D eigenvalue weighted by Gasteiger charge is -2.46. The summed E-state index contributed by atoms with van der Waals surface area (Å²) in [5.74, 6) is 0.937. The Labute approximate surface area is 165 Å². The minimum atomic E-state index is -0.801. The van der Waals surface area contributed by atoms with Gasteiger partial charge in [0.05, 0.1) is 6.04 Å². The molecule has 0 bridgehead atoms. The maximum atomic E-state index is 13.0. The molecule has 0 radical (unpaired) electrons. The average molecular weight is 387 g/mol. The lowest BCUT2D eigenvalue weighted by Crippen LogP contribution is -2.48. The van der Waals surface area contributed by atoms with Crippen LogP contribution in [0.2, 0.25) is 0 Å². The second kappa shape index (κ2) is 7.64. The highest BCUT2D eigenvalue weighted by molar-refractivity contribution is 5.78. The molecule has 1 fully saturated rings. The number of carboxylic acids is 1. The van der Waals surface area contributed by atoms with Crippen LogP contribution in [-0.2, 0) is 15.0 Å². The van der Waals surface area contributed by atoms with E-state index in [2.05, 4.69) is 19.1 Å². The molecule has 1 aromatic carbocycles. The van der Waals surface area contributed by atoms with E-state index in [0.29, 0.717) is 32.5 Å². The first kappa shape index (κ1) is 19.1.